The highest BCUT2D eigenvalue weighted by atomic mass is 32.2. The van der Waals surface area contributed by atoms with Gasteiger partial charge in [-0.15, -0.1) is 0 Å². The molecule has 18 heavy (non-hydrogen) atoms. The molecule has 0 bridgehead atoms. The van der Waals surface area contributed by atoms with Crippen LogP contribution in [0.4, 0.5) is 5.95 Å². The fourth-order valence-corrected chi connectivity index (χ4v) is 1.82. The molecule has 0 saturated heterocycles. The molecule has 0 radical (unpaired) electrons. The Morgan fingerprint density at radius 2 is 1.94 bits per heavy atom. The standard InChI is InChI=1S/C11H21N5OS/c1-7(2)13-8(3)6-12-9-14-10(17-4)16-11(15-9)18-5/h7-8,13H,6H2,1-5H3,(H,12,14,15,16). The van der Waals surface area contributed by atoms with E-state index in [-0.39, 0.29) is 0 Å². The van der Waals surface area contributed by atoms with Gasteiger partial charge in [0.15, 0.2) is 5.16 Å². The van der Waals surface area contributed by atoms with Gasteiger partial charge in [0.25, 0.3) is 0 Å². The molecule has 7 heteroatoms. The van der Waals surface area contributed by atoms with E-state index in [9.17, 15) is 0 Å². The first-order chi connectivity index (χ1) is 8.55. The minimum Gasteiger partial charge on any atom is -0.467 e. The number of methoxy groups -OCH3 is 1. The number of aromatic nitrogens is 3. The van der Waals surface area contributed by atoms with Crippen molar-refractivity contribution in [1.29, 1.82) is 0 Å². The molecular formula is C11H21N5OS. The Morgan fingerprint density at radius 1 is 1.22 bits per heavy atom. The third kappa shape index (κ3) is 5.05. The van der Waals surface area contributed by atoms with Crippen LogP contribution in [-0.2, 0) is 0 Å². The zero-order valence-corrected chi connectivity index (χ0v) is 12.3. The fourth-order valence-electron chi connectivity index (χ4n) is 1.47. The third-order valence-corrected chi connectivity index (χ3v) is 2.69. The number of rotatable bonds is 7. The molecule has 1 atom stereocenters. The van der Waals surface area contributed by atoms with E-state index in [1.807, 2.05) is 6.26 Å². The smallest absolute Gasteiger partial charge is 0.321 e. The van der Waals surface area contributed by atoms with Crippen molar-refractivity contribution >= 4 is 17.7 Å². The van der Waals surface area contributed by atoms with Gasteiger partial charge in [0.2, 0.25) is 5.95 Å². The Morgan fingerprint density at radius 3 is 2.50 bits per heavy atom. The largest absolute Gasteiger partial charge is 0.467 e. The molecule has 0 amide bonds. The topological polar surface area (TPSA) is 72.0 Å². The zero-order valence-electron chi connectivity index (χ0n) is 11.5. The average molecular weight is 271 g/mol. The van der Waals surface area contributed by atoms with E-state index in [1.165, 1.54) is 11.8 Å². The molecule has 1 aromatic heterocycles. The quantitative estimate of drug-likeness (QED) is 0.726. The van der Waals surface area contributed by atoms with Crippen molar-refractivity contribution in [2.75, 3.05) is 25.2 Å². The second-order valence-corrected chi connectivity index (χ2v) is 5.01. The lowest BCUT2D eigenvalue weighted by atomic mass is 10.3. The minimum atomic E-state index is 0.335. The van der Waals surface area contributed by atoms with Gasteiger partial charge in [0, 0.05) is 18.6 Å². The third-order valence-electron chi connectivity index (χ3n) is 2.14. The molecule has 0 aliphatic heterocycles. The monoisotopic (exact) mass is 271 g/mol. The van der Waals surface area contributed by atoms with Gasteiger partial charge in [0.1, 0.15) is 0 Å². The van der Waals surface area contributed by atoms with Crippen molar-refractivity contribution in [3.05, 3.63) is 0 Å². The summed E-state index contributed by atoms with van der Waals surface area (Å²) in [6.45, 7) is 7.10. The lowest BCUT2D eigenvalue weighted by Crippen LogP contribution is -2.37. The van der Waals surface area contributed by atoms with E-state index in [0.717, 1.165) is 6.54 Å². The van der Waals surface area contributed by atoms with Crippen molar-refractivity contribution < 1.29 is 4.74 Å². The maximum Gasteiger partial charge on any atom is 0.321 e. The van der Waals surface area contributed by atoms with Gasteiger partial charge in [0.05, 0.1) is 7.11 Å². The Kier molecular flexibility index (Phi) is 6.14. The Hall–Kier alpha value is -1.08. The van der Waals surface area contributed by atoms with Crippen LogP contribution in [0.25, 0.3) is 0 Å². The molecule has 0 aromatic carbocycles. The van der Waals surface area contributed by atoms with E-state index in [0.29, 0.717) is 29.2 Å². The lowest BCUT2D eigenvalue weighted by molar-refractivity contribution is 0.373. The first kappa shape index (κ1) is 15.0. The van der Waals surface area contributed by atoms with Crippen molar-refractivity contribution in [1.82, 2.24) is 20.3 Å². The van der Waals surface area contributed by atoms with Gasteiger partial charge >= 0.3 is 6.01 Å². The first-order valence-electron chi connectivity index (χ1n) is 5.89. The molecule has 1 aromatic rings. The van der Waals surface area contributed by atoms with E-state index in [4.69, 9.17) is 4.74 Å². The number of hydrogen-bond donors (Lipinski definition) is 2. The van der Waals surface area contributed by atoms with Crippen LogP contribution in [0, 0.1) is 0 Å². The van der Waals surface area contributed by atoms with Crippen molar-refractivity contribution in [2.45, 2.75) is 38.0 Å². The number of nitrogens with one attached hydrogen (secondary N) is 2. The van der Waals surface area contributed by atoms with Crippen molar-refractivity contribution in [3.63, 3.8) is 0 Å². The molecule has 1 rings (SSSR count). The lowest BCUT2D eigenvalue weighted by Gasteiger charge is -2.17. The van der Waals surface area contributed by atoms with Gasteiger partial charge in [-0.1, -0.05) is 25.6 Å². The Balaban J connectivity index is 2.60. The summed E-state index contributed by atoms with van der Waals surface area (Å²) in [5, 5.41) is 7.23. The van der Waals surface area contributed by atoms with E-state index >= 15 is 0 Å². The van der Waals surface area contributed by atoms with Crippen LogP contribution in [0.15, 0.2) is 5.16 Å². The Labute approximate surface area is 112 Å². The summed E-state index contributed by atoms with van der Waals surface area (Å²) in [6, 6.07) is 1.13. The van der Waals surface area contributed by atoms with Gasteiger partial charge in [-0.25, -0.2) is 0 Å². The number of hydrogen-bond acceptors (Lipinski definition) is 7. The van der Waals surface area contributed by atoms with Crippen LogP contribution in [0.3, 0.4) is 0 Å². The maximum absolute atomic E-state index is 5.04. The fraction of sp³-hybridized carbons (Fsp3) is 0.727. The summed E-state index contributed by atoms with van der Waals surface area (Å²) in [6.07, 6.45) is 1.92. The van der Waals surface area contributed by atoms with E-state index in [2.05, 4.69) is 46.4 Å². The van der Waals surface area contributed by atoms with E-state index < -0.39 is 0 Å². The molecule has 1 unspecified atom stereocenters. The predicted octanol–water partition coefficient (Wildman–Crippen LogP) is 1.40. The second-order valence-electron chi connectivity index (χ2n) is 4.24. The zero-order chi connectivity index (χ0) is 13.5. The van der Waals surface area contributed by atoms with Crippen molar-refractivity contribution in [2.24, 2.45) is 0 Å². The van der Waals surface area contributed by atoms with Crippen LogP contribution < -0.4 is 15.4 Å². The number of nitrogens with zero attached hydrogens (tertiary/aromatic N) is 3. The molecule has 0 saturated carbocycles. The number of anilines is 1. The van der Waals surface area contributed by atoms with Crippen LogP contribution in [0.2, 0.25) is 0 Å². The van der Waals surface area contributed by atoms with Crippen LogP contribution >= 0.6 is 11.8 Å². The van der Waals surface area contributed by atoms with Gasteiger partial charge in [-0.2, -0.15) is 15.0 Å². The summed E-state index contributed by atoms with van der Waals surface area (Å²) in [4.78, 5) is 12.5. The molecule has 0 aliphatic carbocycles. The maximum atomic E-state index is 5.04. The van der Waals surface area contributed by atoms with E-state index in [1.54, 1.807) is 7.11 Å². The Bertz CT molecular complexity index is 352. The SMILES string of the molecule is COc1nc(NCC(C)NC(C)C)nc(SC)n1. The molecule has 1 heterocycles. The highest BCUT2D eigenvalue weighted by Crippen LogP contribution is 2.14. The molecule has 102 valence electrons. The van der Waals surface area contributed by atoms with Gasteiger partial charge < -0.3 is 15.4 Å². The molecule has 2 N–H and O–H groups in total. The highest BCUT2D eigenvalue weighted by Gasteiger charge is 2.08. The highest BCUT2D eigenvalue weighted by molar-refractivity contribution is 7.98. The van der Waals surface area contributed by atoms with Crippen molar-refractivity contribution in [3.8, 4) is 6.01 Å². The summed E-state index contributed by atoms with van der Waals surface area (Å²) >= 11 is 1.46. The molecule has 0 aliphatic rings. The first-order valence-corrected chi connectivity index (χ1v) is 7.11. The number of ether oxygens (including phenoxy) is 1. The second kappa shape index (κ2) is 7.38. The predicted molar refractivity (Wildman–Crippen MR) is 74.4 cm³/mol. The molecule has 6 nitrogen and oxygen atoms in total. The summed E-state index contributed by atoms with van der Waals surface area (Å²) < 4.78 is 5.04. The molecule has 0 spiro atoms. The van der Waals surface area contributed by atoms with Crippen LogP contribution in [-0.4, -0.2) is 46.9 Å². The van der Waals surface area contributed by atoms with Gasteiger partial charge in [-0.3, -0.25) is 0 Å². The normalized spacial score (nSPS) is 12.6. The van der Waals surface area contributed by atoms with Crippen LogP contribution in [0.1, 0.15) is 20.8 Å². The summed E-state index contributed by atoms with van der Waals surface area (Å²) in [5.74, 6) is 0.545. The molecule has 0 fully saturated rings. The number of thioether (sulfide) groups is 1. The van der Waals surface area contributed by atoms with Gasteiger partial charge in [-0.05, 0) is 13.2 Å². The summed E-state index contributed by atoms with van der Waals surface area (Å²) in [7, 11) is 1.55. The average Bonchev–Trinajstić information content (AvgIpc) is 2.35. The molecular weight excluding hydrogens is 250 g/mol. The van der Waals surface area contributed by atoms with Crippen LogP contribution in [0.5, 0.6) is 6.01 Å². The minimum absolute atomic E-state index is 0.335. The summed E-state index contributed by atoms with van der Waals surface area (Å²) in [5.41, 5.74) is 0.